The fraction of sp³-hybridized carbons (Fsp3) is 0.444. The first kappa shape index (κ1) is 17.1. The van der Waals surface area contributed by atoms with Crippen LogP contribution in [-0.2, 0) is 4.79 Å². The van der Waals surface area contributed by atoms with Gasteiger partial charge in [-0.05, 0) is 25.5 Å². The average molecular weight is 341 g/mol. The molecule has 0 unspecified atom stereocenters. The van der Waals surface area contributed by atoms with Crippen LogP contribution in [0.4, 0.5) is 5.82 Å². The lowest BCUT2D eigenvalue weighted by Gasteiger charge is -2.25. The maximum atomic E-state index is 12.2. The third-order valence-corrected chi connectivity index (χ3v) is 4.26. The lowest BCUT2D eigenvalue weighted by molar-refractivity contribution is -0.127. The van der Waals surface area contributed by atoms with Crippen LogP contribution in [-0.4, -0.2) is 45.5 Å². The molecule has 2 atom stereocenters. The van der Waals surface area contributed by atoms with Crippen LogP contribution >= 0.6 is 0 Å². The highest BCUT2D eigenvalue weighted by Gasteiger charge is 2.38. The van der Waals surface area contributed by atoms with Crippen molar-refractivity contribution in [3.8, 4) is 5.88 Å². The summed E-state index contributed by atoms with van der Waals surface area (Å²) < 4.78 is 5.69. The number of anilines is 1. The van der Waals surface area contributed by atoms with Crippen molar-refractivity contribution < 1.29 is 9.53 Å². The molecule has 0 aliphatic carbocycles. The van der Waals surface area contributed by atoms with Crippen LogP contribution in [0.2, 0.25) is 0 Å². The molecule has 1 N–H and O–H groups in total. The minimum atomic E-state index is -0.000149. The van der Waals surface area contributed by atoms with Gasteiger partial charge in [-0.1, -0.05) is 6.07 Å². The number of nitrogens with one attached hydrogen (secondary N) is 1. The van der Waals surface area contributed by atoms with E-state index in [0.717, 1.165) is 5.56 Å². The van der Waals surface area contributed by atoms with E-state index in [1.54, 1.807) is 23.5 Å². The van der Waals surface area contributed by atoms with E-state index in [0.29, 0.717) is 24.7 Å². The molecule has 1 aliphatic rings. The first-order chi connectivity index (χ1) is 12.1. The molecule has 2 aromatic rings. The molecule has 2 aromatic heterocycles. The molecule has 3 heterocycles. The Labute approximate surface area is 147 Å². The number of carbonyl (C=O) groups is 1. The van der Waals surface area contributed by atoms with Crippen LogP contribution < -0.4 is 10.1 Å². The Hall–Kier alpha value is -2.70. The standard InChI is InChI=1S/C18H23N5O2/c1-12(2)25-18-17(20-7-8-21-18)22-11-14-9-15(24)23(3)16(14)13-5-4-6-19-10-13/h4-8,10,12,14,16H,9,11H2,1-3H3,(H,20,22)/t14-,16-/m0/s1. The number of ether oxygens (including phenoxy) is 1. The molecule has 0 radical (unpaired) electrons. The van der Waals surface area contributed by atoms with Gasteiger partial charge in [0.15, 0.2) is 5.82 Å². The highest BCUT2D eigenvalue weighted by Crippen LogP contribution is 2.36. The Morgan fingerprint density at radius 3 is 2.84 bits per heavy atom. The molecule has 0 bridgehead atoms. The van der Waals surface area contributed by atoms with Crippen LogP contribution in [0, 0.1) is 5.92 Å². The number of amides is 1. The fourth-order valence-corrected chi connectivity index (χ4v) is 3.17. The van der Waals surface area contributed by atoms with Crippen molar-refractivity contribution in [2.24, 2.45) is 5.92 Å². The Morgan fingerprint density at radius 1 is 1.32 bits per heavy atom. The van der Waals surface area contributed by atoms with Gasteiger partial charge >= 0.3 is 0 Å². The summed E-state index contributed by atoms with van der Waals surface area (Å²) in [7, 11) is 1.84. The highest BCUT2D eigenvalue weighted by atomic mass is 16.5. The summed E-state index contributed by atoms with van der Waals surface area (Å²) in [6, 6.07) is 3.91. The number of hydrogen-bond donors (Lipinski definition) is 1. The van der Waals surface area contributed by atoms with Crippen molar-refractivity contribution in [3.63, 3.8) is 0 Å². The fourth-order valence-electron chi connectivity index (χ4n) is 3.17. The van der Waals surface area contributed by atoms with Crippen LogP contribution in [0.1, 0.15) is 31.9 Å². The van der Waals surface area contributed by atoms with Gasteiger partial charge in [-0.2, -0.15) is 0 Å². The summed E-state index contributed by atoms with van der Waals surface area (Å²) in [4.78, 5) is 26.8. The SMILES string of the molecule is CC(C)Oc1nccnc1NC[C@@H]1CC(=O)N(C)[C@H]1c1cccnc1. The van der Waals surface area contributed by atoms with Gasteiger partial charge in [-0.25, -0.2) is 9.97 Å². The summed E-state index contributed by atoms with van der Waals surface area (Å²) in [6.45, 7) is 4.49. The van der Waals surface area contributed by atoms with Gasteiger partial charge in [0.2, 0.25) is 5.91 Å². The third-order valence-electron chi connectivity index (χ3n) is 4.26. The second-order valence-electron chi connectivity index (χ2n) is 6.46. The number of hydrogen-bond acceptors (Lipinski definition) is 6. The first-order valence-corrected chi connectivity index (χ1v) is 8.43. The van der Waals surface area contributed by atoms with Gasteiger partial charge in [0.05, 0.1) is 12.1 Å². The molecule has 132 valence electrons. The van der Waals surface area contributed by atoms with E-state index in [4.69, 9.17) is 4.74 Å². The van der Waals surface area contributed by atoms with Gasteiger partial charge < -0.3 is 15.0 Å². The number of aromatic nitrogens is 3. The lowest BCUT2D eigenvalue weighted by Crippen LogP contribution is -2.27. The lowest BCUT2D eigenvalue weighted by atomic mass is 9.95. The molecule has 0 spiro atoms. The van der Waals surface area contributed by atoms with E-state index in [1.165, 1.54) is 0 Å². The molecule has 3 rings (SSSR count). The van der Waals surface area contributed by atoms with E-state index in [1.807, 2.05) is 39.2 Å². The van der Waals surface area contributed by atoms with Gasteiger partial charge in [0, 0.05) is 50.7 Å². The highest BCUT2D eigenvalue weighted by molar-refractivity contribution is 5.79. The number of rotatable bonds is 6. The Bertz CT molecular complexity index is 722. The van der Waals surface area contributed by atoms with E-state index < -0.39 is 0 Å². The molecular weight excluding hydrogens is 318 g/mol. The molecular formula is C18H23N5O2. The monoisotopic (exact) mass is 341 g/mol. The molecule has 0 saturated carbocycles. The van der Waals surface area contributed by atoms with Gasteiger partial charge in [-0.15, -0.1) is 0 Å². The second kappa shape index (κ2) is 7.46. The number of carbonyl (C=O) groups excluding carboxylic acids is 1. The van der Waals surface area contributed by atoms with Crippen molar-refractivity contribution in [3.05, 3.63) is 42.5 Å². The number of nitrogens with zero attached hydrogens (tertiary/aromatic N) is 4. The van der Waals surface area contributed by atoms with Crippen LogP contribution in [0.3, 0.4) is 0 Å². The molecule has 1 aliphatic heterocycles. The van der Waals surface area contributed by atoms with Crippen molar-refractivity contribution >= 4 is 11.7 Å². The zero-order valence-corrected chi connectivity index (χ0v) is 14.7. The molecule has 1 saturated heterocycles. The van der Waals surface area contributed by atoms with Gasteiger partial charge in [0.1, 0.15) is 0 Å². The van der Waals surface area contributed by atoms with Crippen LogP contribution in [0.5, 0.6) is 5.88 Å². The largest absolute Gasteiger partial charge is 0.472 e. The maximum absolute atomic E-state index is 12.2. The van der Waals surface area contributed by atoms with Gasteiger partial charge in [0.25, 0.3) is 5.88 Å². The third kappa shape index (κ3) is 3.87. The Balaban J connectivity index is 1.75. The van der Waals surface area contributed by atoms with E-state index in [2.05, 4.69) is 20.3 Å². The molecule has 25 heavy (non-hydrogen) atoms. The minimum Gasteiger partial charge on any atom is -0.472 e. The van der Waals surface area contributed by atoms with Gasteiger partial charge in [-0.3, -0.25) is 9.78 Å². The predicted octanol–water partition coefficient (Wildman–Crippen LogP) is 2.29. The zero-order chi connectivity index (χ0) is 17.8. The summed E-state index contributed by atoms with van der Waals surface area (Å²) in [5, 5.41) is 3.30. The van der Waals surface area contributed by atoms with Crippen LogP contribution in [0.25, 0.3) is 0 Å². The first-order valence-electron chi connectivity index (χ1n) is 8.43. The quantitative estimate of drug-likeness (QED) is 0.868. The van der Waals surface area contributed by atoms with Crippen molar-refractivity contribution in [1.29, 1.82) is 0 Å². The molecule has 7 nitrogen and oxygen atoms in total. The molecule has 0 aromatic carbocycles. The Morgan fingerprint density at radius 2 is 2.12 bits per heavy atom. The zero-order valence-electron chi connectivity index (χ0n) is 14.7. The number of pyridine rings is 1. The Kier molecular flexibility index (Phi) is 5.11. The van der Waals surface area contributed by atoms with E-state index in [9.17, 15) is 4.79 Å². The van der Waals surface area contributed by atoms with Crippen molar-refractivity contribution in [2.45, 2.75) is 32.4 Å². The molecule has 1 fully saturated rings. The topological polar surface area (TPSA) is 80.2 Å². The maximum Gasteiger partial charge on any atom is 0.257 e. The number of likely N-dealkylation sites (tertiary alicyclic amines) is 1. The summed E-state index contributed by atoms with van der Waals surface area (Å²) in [6.07, 6.45) is 7.29. The van der Waals surface area contributed by atoms with E-state index >= 15 is 0 Å². The average Bonchev–Trinajstić information content (AvgIpc) is 2.89. The van der Waals surface area contributed by atoms with E-state index in [-0.39, 0.29) is 24.0 Å². The smallest absolute Gasteiger partial charge is 0.257 e. The van der Waals surface area contributed by atoms with Crippen molar-refractivity contribution in [2.75, 3.05) is 18.9 Å². The summed E-state index contributed by atoms with van der Waals surface area (Å²) in [5.74, 6) is 1.34. The van der Waals surface area contributed by atoms with Crippen LogP contribution in [0.15, 0.2) is 36.9 Å². The summed E-state index contributed by atoms with van der Waals surface area (Å²) in [5.41, 5.74) is 1.04. The summed E-state index contributed by atoms with van der Waals surface area (Å²) >= 11 is 0. The minimum absolute atomic E-state index is 0.000149. The molecule has 7 heteroatoms. The predicted molar refractivity (Wildman–Crippen MR) is 94.1 cm³/mol. The second-order valence-corrected chi connectivity index (χ2v) is 6.46. The normalized spacial score (nSPS) is 20.2. The van der Waals surface area contributed by atoms with Crippen molar-refractivity contribution in [1.82, 2.24) is 19.9 Å². The molecule has 1 amide bonds.